The van der Waals surface area contributed by atoms with Crippen molar-refractivity contribution in [1.29, 1.82) is 0 Å². The fourth-order valence-electron chi connectivity index (χ4n) is 1.99. The third-order valence-electron chi connectivity index (χ3n) is 2.79. The summed E-state index contributed by atoms with van der Waals surface area (Å²) < 4.78 is 10.7. The minimum Gasteiger partial charge on any atom is -0.487 e. The Morgan fingerprint density at radius 2 is 2.33 bits per heavy atom. The fourth-order valence-corrected chi connectivity index (χ4v) is 1.99. The molecule has 0 radical (unpaired) electrons. The van der Waals surface area contributed by atoms with E-state index < -0.39 is 4.92 Å². The van der Waals surface area contributed by atoms with Crippen molar-refractivity contribution < 1.29 is 14.4 Å². The van der Waals surface area contributed by atoms with Gasteiger partial charge in [-0.3, -0.25) is 10.1 Å². The van der Waals surface area contributed by atoms with Crippen LogP contribution in [0.5, 0.6) is 5.75 Å². The van der Waals surface area contributed by atoms with Crippen LogP contribution in [0.4, 0.5) is 5.69 Å². The summed E-state index contributed by atoms with van der Waals surface area (Å²) in [6.45, 7) is 3.41. The van der Waals surface area contributed by atoms with Gasteiger partial charge in [0.1, 0.15) is 0 Å². The molecule has 5 nitrogen and oxygen atoms in total. The van der Waals surface area contributed by atoms with Crippen molar-refractivity contribution in [2.45, 2.75) is 13.3 Å². The minimum atomic E-state index is -0.408. The predicted molar refractivity (Wildman–Crippen MR) is 67.7 cm³/mol. The van der Waals surface area contributed by atoms with Gasteiger partial charge < -0.3 is 9.47 Å². The summed E-state index contributed by atoms with van der Waals surface area (Å²) in [4.78, 5) is 10.6. The van der Waals surface area contributed by atoms with E-state index in [1.807, 2.05) is 19.1 Å². The molecule has 1 aromatic carbocycles. The highest BCUT2D eigenvalue weighted by Gasteiger charge is 2.21. The SMILES string of the molecule is CCOc1c(C2=CCOCC2)cccc1[N+](=O)[O-]. The van der Waals surface area contributed by atoms with Gasteiger partial charge >= 0.3 is 5.69 Å². The van der Waals surface area contributed by atoms with Crippen LogP contribution in [0.3, 0.4) is 0 Å². The van der Waals surface area contributed by atoms with Crippen molar-refractivity contribution in [3.8, 4) is 5.75 Å². The van der Waals surface area contributed by atoms with Crippen LogP contribution in [0.15, 0.2) is 24.3 Å². The molecule has 5 heteroatoms. The molecular weight excluding hydrogens is 234 g/mol. The Hall–Kier alpha value is -1.88. The highest BCUT2D eigenvalue weighted by molar-refractivity contribution is 5.75. The largest absolute Gasteiger partial charge is 0.487 e. The first kappa shape index (κ1) is 12.6. The number of rotatable bonds is 4. The Balaban J connectivity index is 2.48. The van der Waals surface area contributed by atoms with Gasteiger partial charge in [0.25, 0.3) is 0 Å². The highest BCUT2D eigenvalue weighted by Crippen LogP contribution is 2.37. The van der Waals surface area contributed by atoms with Gasteiger partial charge in [-0.1, -0.05) is 18.2 Å². The van der Waals surface area contributed by atoms with E-state index >= 15 is 0 Å². The molecule has 0 N–H and O–H groups in total. The normalized spacial score (nSPS) is 15.1. The second-order valence-corrected chi connectivity index (χ2v) is 3.90. The Bertz CT molecular complexity index is 482. The van der Waals surface area contributed by atoms with Crippen LogP contribution in [-0.2, 0) is 4.74 Å². The zero-order chi connectivity index (χ0) is 13.0. The molecule has 0 saturated carbocycles. The molecule has 0 fully saturated rings. The van der Waals surface area contributed by atoms with E-state index in [9.17, 15) is 10.1 Å². The molecule has 0 atom stereocenters. The van der Waals surface area contributed by atoms with Crippen molar-refractivity contribution in [2.24, 2.45) is 0 Å². The van der Waals surface area contributed by atoms with E-state index in [2.05, 4.69) is 0 Å². The number of benzene rings is 1. The molecule has 0 amide bonds. The molecule has 0 saturated heterocycles. The van der Waals surface area contributed by atoms with Crippen molar-refractivity contribution in [3.63, 3.8) is 0 Å². The zero-order valence-electron chi connectivity index (χ0n) is 10.2. The minimum absolute atomic E-state index is 0.0155. The molecule has 0 spiro atoms. The number of hydrogen-bond donors (Lipinski definition) is 0. The summed E-state index contributed by atoms with van der Waals surface area (Å²) in [6, 6.07) is 5.01. The zero-order valence-corrected chi connectivity index (χ0v) is 10.2. The number of ether oxygens (including phenoxy) is 2. The van der Waals surface area contributed by atoms with Crippen molar-refractivity contribution >= 4 is 11.3 Å². The summed E-state index contributed by atoms with van der Waals surface area (Å²) in [5.74, 6) is 0.359. The highest BCUT2D eigenvalue weighted by atomic mass is 16.6. The summed E-state index contributed by atoms with van der Waals surface area (Å²) in [5, 5.41) is 11.0. The molecule has 1 heterocycles. The van der Waals surface area contributed by atoms with Crippen LogP contribution < -0.4 is 4.74 Å². The molecule has 1 aromatic rings. The lowest BCUT2D eigenvalue weighted by Crippen LogP contribution is -2.06. The van der Waals surface area contributed by atoms with Gasteiger partial charge in [0.05, 0.1) is 24.7 Å². The van der Waals surface area contributed by atoms with E-state index in [1.165, 1.54) is 6.07 Å². The van der Waals surface area contributed by atoms with Gasteiger partial charge in [0, 0.05) is 11.6 Å². The van der Waals surface area contributed by atoms with Crippen LogP contribution in [0.1, 0.15) is 18.9 Å². The number of nitrogens with zero attached hydrogens (tertiary/aromatic N) is 1. The molecule has 2 rings (SSSR count). The van der Waals surface area contributed by atoms with Crippen molar-refractivity contribution in [2.75, 3.05) is 19.8 Å². The second kappa shape index (κ2) is 5.64. The Morgan fingerprint density at radius 1 is 1.50 bits per heavy atom. The molecule has 18 heavy (non-hydrogen) atoms. The topological polar surface area (TPSA) is 61.6 Å². The van der Waals surface area contributed by atoms with Crippen molar-refractivity contribution in [1.82, 2.24) is 0 Å². The Labute approximate surface area is 105 Å². The number of nitro benzene ring substituents is 1. The summed E-state index contributed by atoms with van der Waals surface area (Å²) in [6.07, 6.45) is 2.70. The summed E-state index contributed by atoms with van der Waals surface area (Å²) >= 11 is 0. The van der Waals surface area contributed by atoms with E-state index in [1.54, 1.807) is 6.07 Å². The van der Waals surface area contributed by atoms with Crippen LogP contribution >= 0.6 is 0 Å². The molecule has 1 aliphatic rings. The van der Waals surface area contributed by atoms with Gasteiger partial charge in [-0.25, -0.2) is 0 Å². The first-order chi connectivity index (χ1) is 8.74. The number of para-hydroxylation sites is 1. The smallest absolute Gasteiger partial charge is 0.311 e. The predicted octanol–water partition coefficient (Wildman–Crippen LogP) is 2.80. The summed E-state index contributed by atoms with van der Waals surface area (Å²) in [7, 11) is 0. The number of nitro groups is 1. The van der Waals surface area contributed by atoms with E-state index in [-0.39, 0.29) is 5.69 Å². The van der Waals surface area contributed by atoms with Gasteiger partial charge in [-0.15, -0.1) is 0 Å². The maximum absolute atomic E-state index is 11.0. The first-order valence-corrected chi connectivity index (χ1v) is 5.91. The van der Waals surface area contributed by atoms with Crippen molar-refractivity contribution in [3.05, 3.63) is 40.0 Å². The monoisotopic (exact) mass is 249 g/mol. The average Bonchev–Trinajstić information content (AvgIpc) is 2.40. The molecule has 0 aromatic heterocycles. The van der Waals surface area contributed by atoms with Gasteiger partial charge in [0.2, 0.25) is 5.75 Å². The second-order valence-electron chi connectivity index (χ2n) is 3.90. The number of hydrogen-bond acceptors (Lipinski definition) is 4. The van der Waals surface area contributed by atoms with Gasteiger partial charge in [-0.05, 0) is 18.9 Å². The maximum Gasteiger partial charge on any atom is 0.311 e. The third kappa shape index (κ3) is 2.51. The van der Waals surface area contributed by atoms with Gasteiger partial charge in [0.15, 0.2) is 0 Å². The van der Waals surface area contributed by atoms with E-state index in [0.29, 0.717) is 25.6 Å². The van der Waals surface area contributed by atoms with Gasteiger partial charge in [-0.2, -0.15) is 0 Å². The maximum atomic E-state index is 11.0. The molecule has 96 valence electrons. The third-order valence-corrected chi connectivity index (χ3v) is 2.79. The Morgan fingerprint density at radius 3 is 2.94 bits per heavy atom. The molecule has 0 bridgehead atoms. The van der Waals surface area contributed by atoms with Crippen LogP contribution in [-0.4, -0.2) is 24.7 Å². The standard InChI is InChI=1S/C13H15NO4/c1-2-18-13-11(10-6-8-17-9-7-10)4-3-5-12(13)14(15)16/h3-6H,2,7-9H2,1H3. The first-order valence-electron chi connectivity index (χ1n) is 5.91. The lowest BCUT2D eigenvalue weighted by molar-refractivity contribution is -0.385. The fraction of sp³-hybridized carbons (Fsp3) is 0.385. The average molecular weight is 249 g/mol. The summed E-state index contributed by atoms with van der Waals surface area (Å²) in [5.41, 5.74) is 1.87. The van der Waals surface area contributed by atoms with Crippen LogP contribution in [0.25, 0.3) is 5.57 Å². The molecule has 1 aliphatic heterocycles. The van der Waals surface area contributed by atoms with E-state index in [0.717, 1.165) is 17.6 Å². The molecule has 0 unspecified atom stereocenters. The van der Waals surface area contributed by atoms with Crippen LogP contribution in [0, 0.1) is 10.1 Å². The quantitative estimate of drug-likeness (QED) is 0.608. The van der Waals surface area contributed by atoms with Crippen LogP contribution in [0.2, 0.25) is 0 Å². The van der Waals surface area contributed by atoms with E-state index in [4.69, 9.17) is 9.47 Å². The molecule has 0 aliphatic carbocycles. The molecular formula is C13H15NO4. The lowest BCUT2D eigenvalue weighted by atomic mass is 10.00. The lowest BCUT2D eigenvalue weighted by Gasteiger charge is -2.16. The Kier molecular flexibility index (Phi) is 3.94.